The standard InChI is InChI=1S/C17H19N5O2/c1-3-22(4-2)13-7-5-11(6-8-13)16-14(17(23)24)9-12(20-21-19)10-15(16)18/h5-10H,3-4,18H2,1-2H3,(H,23,24). The Labute approximate surface area is 140 Å². The van der Waals surface area contributed by atoms with Crippen LogP contribution in [0.1, 0.15) is 24.2 Å². The van der Waals surface area contributed by atoms with Crippen LogP contribution in [0.3, 0.4) is 0 Å². The van der Waals surface area contributed by atoms with Crippen LogP contribution in [0, 0.1) is 0 Å². The minimum absolute atomic E-state index is 0.00740. The Morgan fingerprint density at radius 2 is 1.88 bits per heavy atom. The molecule has 2 rings (SSSR count). The van der Waals surface area contributed by atoms with Gasteiger partial charge in [-0.15, -0.1) is 0 Å². The first kappa shape index (κ1) is 17.2. The third-order valence-corrected chi connectivity index (χ3v) is 3.83. The van der Waals surface area contributed by atoms with E-state index in [2.05, 4.69) is 28.8 Å². The first-order chi connectivity index (χ1) is 11.5. The van der Waals surface area contributed by atoms with Crippen molar-refractivity contribution in [3.8, 4) is 11.1 Å². The molecule has 7 nitrogen and oxygen atoms in total. The number of benzene rings is 2. The number of aromatic carboxylic acids is 1. The van der Waals surface area contributed by atoms with E-state index in [4.69, 9.17) is 11.3 Å². The van der Waals surface area contributed by atoms with Crippen molar-refractivity contribution >= 4 is 23.0 Å². The Morgan fingerprint density at radius 3 is 2.38 bits per heavy atom. The van der Waals surface area contributed by atoms with Crippen LogP contribution in [0.5, 0.6) is 0 Å². The van der Waals surface area contributed by atoms with Crippen LogP contribution < -0.4 is 10.6 Å². The first-order valence-corrected chi connectivity index (χ1v) is 7.59. The largest absolute Gasteiger partial charge is 0.478 e. The van der Waals surface area contributed by atoms with Crippen molar-refractivity contribution in [3.63, 3.8) is 0 Å². The molecular weight excluding hydrogens is 306 g/mol. The molecule has 0 heterocycles. The maximum Gasteiger partial charge on any atom is 0.336 e. The number of azide groups is 1. The van der Waals surface area contributed by atoms with Gasteiger partial charge < -0.3 is 15.7 Å². The molecule has 0 aromatic heterocycles. The molecule has 3 N–H and O–H groups in total. The van der Waals surface area contributed by atoms with Crippen molar-refractivity contribution in [2.75, 3.05) is 23.7 Å². The number of nitrogens with two attached hydrogens (primary N) is 1. The fraction of sp³-hybridized carbons (Fsp3) is 0.235. The van der Waals surface area contributed by atoms with E-state index in [0.29, 0.717) is 11.1 Å². The summed E-state index contributed by atoms with van der Waals surface area (Å²) in [6.07, 6.45) is 0. The fourth-order valence-corrected chi connectivity index (χ4v) is 2.68. The van der Waals surface area contributed by atoms with Crippen LogP contribution in [0.2, 0.25) is 0 Å². The summed E-state index contributed by atoms with van der Waals surface area (Å²) in [5, 5.41) is 12.9. The quantitative estimate of drug-likeness (QED) is 0.354. The summed E-state index contributed by atoms with van der Waals surface area (Å²) in [6, 6.07) is 10.4. The lowest BCUT2D eigenvalue weighted by Gasteiger charge is -2.21. The molecule has 0 unspecified atom stereocenters. The molecule has 0 spiro atoms. The van der Waals surface area contributed by atoms with Crippen LogP contribution in [0.25, 0.3) is 21.6 Å². The van der Waals surface area contributed by atoms with Gasteiger partial charge in [0.2, 0.25) is 0 Å². The zero-order chi connectivity index (χ0) is 17.7. The summed E-state index contributed by atoms with van der Waals surface area (Å²) < 4.78 is 0. The maximum atomic E-state index is 11.6. The number of carboxylic acid groups (broad SMARTS) is 1. The molecular formula is C17H19N5O2. The average Bonchev–Trinajstić information content (AvgIpc) is 2.56. The van der Waals surface area contributed by atoms with Gasteiger partial charge in [-0.1, -0.05) is 17.2 Å². The topological polar surface area (TPSA) is 115 Å². The Hall–Kier alpha value is -3.18. The lowest BCUT2D eigenvalue weighted by atomic mass is 9.96. The first-order valence-electron chi connectivity index (χ1n) is 7.59. The molecule has 2 aromatic carbocycles. The highest BCUT2D eigenvalue weighted by Crippen LogP contribution is 2.35. The number of nitrogen functional groups attached to an aromatic ring is 1. The zero-order valence-electron chi connectivity index (χ0n) is 13.6. The lowest BCUT2D eigenvalue weighted by molar-refractivity contribution is 0.0698. The zero-order valence-corrected chi connectivity index (χ0v) is 13.6. The van der Waals surface area contributed by atoms with Crippen molar-refractivity contribution in [1.82, 2.24) is 0 Å². The molecule has 24 heavy (non-hydrogen) atoms. The van der Waals surface area contributed by atoms with Gasteiger partial charge in [0.15, 0.2) is 0 Å². The highest BCUT2D eigenvalue weighted by Gasteiger charge is 2.16. The van der Waals surface area contributed by atoms with Crippen LogP contribution in [0.4, 0.5) is 17.1 Å². The lowest BCUT2D eigenvalue weighted by Crippen LogP contribution is -2.21. The van der Waals surface area contributed by atoms with Gasteiger partial charge in [-0.2, -0.15) is 0 Å². The summed E-state index contributed by atoms with van der Waals surface area (Å²) in [7, 11) is 0. The molecule has 124 valence electrons. The monoisotopic (exact) mass is 325 g/mol. The van der Waals surface area contributed by atoms with Gasteiger partial charge in [-0.3, -0.25) is 0 Å². The van der Waals surface area contributed by atoms with E-state index in [-0.39, 0.29) is 16.9 Å². The van der Waals surface area contributed by atoms with E-state index in [1.54, 1.807) is 0 Å². The van der Waals surface area contributed by atoms with Crippen LogP contribution >= 0.6 is 0 Å². The second-order valence-corrected chi connectivity index (χ2v) is 5.17. The molecule has 7 heteroatoms. The molecule has 0 saturated heterocycles. The van der Waals surface area contributed by atoms with Gasteiger partial charge in [0.1, 0.15) is 0 Å². The Bertz CT molecular complexity index is 791. The van der Waals surface area contributed by atoms with E-state index in [0.717, 1.165) is 18.8 Å². The minimum Gasteiger partial charge on any atom is -0.478 e. The van der Waals surface area contributed by atoms with Gasteiger partial charge in [-0.25, -0.2) is 4.79 Å². The smallest absolute Gasteiger partial charge is 0.336 e. The minimum atomic E-state index is -1.13. The average molecular weight is 325 g/mol. The van der Waals surface area contributed by atoms with Crippen molar-refractivity contribution in [2.24, 2.45) is 5.11 Å². The highest BCUT2D eigenvalue weighted by molar-refractivity contribution is 6.01. The number of rotatable bonds is 6. The van der Waals surface area contributed by atoms with Crippen molar-refractivity contribution < 1.29 is 9.90 Å². The van der Waals surface area contributed by atoms with Crippen LogP contribution in [0.15, 0.2) is 41.5 Å². The van der Waals surface area contributed by atoms with Crippen molar-refractivity contribution in [2.45, 2.75) is 13.8 Å². The summed E-state index contributed by atoms with van der Waals surface area (Å²) in [4.78, 5) is 16.4. The van der Waals surface area contributed by atoms with Crippen molar-refractivity contribution in [1.29, 1.82) is 0 Å². The second kappa shape index (κ2) is 7.39. The highest BCUT2D eigenvalue weighted by atomic mass is 16.4. The number of anilines is 2. The predicted octanol–water partition coefficient (Wildman–Crippen LogP) is 4.42. The molecule has 2 aromatic rings. The molecule has 0 saturated carbocycles. The number of carbonyl (C=O) groups is 1. The molecule has 0 amide bonds. The third kappa shape index (κ3) is 3.42. The van der Waals surface area contributed by atoms with Gasteiger partial charge >= 0.3 is 5.97 Å². The molecule has 0 radical (unpaired) electrons. The Morgan fingerprint density at radius 1 is 1.25 bits per heavy atom. The molecule has 0 aliphatic rings. The number of hydrogen-bond donors (Lipinski definition) is 2. The van der Waals surface area contributed by atoms with Crippen molar-refractivity contribution in [3.05, 3.63) is 52.4 Å². The molecule has 0 aliphatic heterocycles. The third-order valence-electron chi connectivity index (χ3n) is 3.83. The molecule has 0 fully saturated rings. The van der Waals surface area contributed by atoms with E-state index in [1.165, 1.54) is 12.1 Å². The maximum absolute atomic E-state index is 11.6. The van der Waals surface area contributed by atoms with E-state index in [9.17, 15) is 9.90 Å². The van der Waals surface area contributed by atoms with Crippen LogP contribution in [-0.4, -0.2) is 24.2 Å². The van der Waals surface area contributed by atoms with E-state index < -0.39 is 5.97 Å². The predicted molar refractivity (Wildman–Crippen MR) is 95.6 cm³/mol. The fourth-order valence-electron chi connectivity index (χ4n) is 2.68. The summed E-state index contributed by atoms with van der Waals surface area (Å²) in [5.74, 6) is -1.13. The molecule has 0 aliphatic carbocycles. The number of carboxylic acids is 1. The summed E-state index contributed by atoms with van der Waals surface area (Å²) >= 11 is 0. The summed E-state index contributed by atoms with van der Waals surface area (Å²) in [6.45, 7) is 5.93. The van der Waals surface area contributed by atoms with Gasteiger partial charge in [0, 0.05) is 40.6 Å². The van der Waals surface area contributed by atoms with Gasteiger partial charge in [0.05, 0.1) is 5.56 Å². The SMILES string of the molecule is CCN(CC)c1ccc(-c2c(N)cc(N=[N+]=[N-])cc2C(=O)O)cc1. The van der Waals surface area contributed by atoms with Gasteiger partial charge in [-0.05, 0) is 49.2 Å². The summed E-state index contributed by atoms with van der Waals surface area (Å²) in [5.41, 5.74) is 17.2. The Balaban J connectivity index is 2.55. The normalized spacial score (nSPS) is 10.1. The van der Waals surface area contributed by atoms with Gasteiger partial charge in [0.25, 0.3) is 0 Å². The number of hydrogen-bond acceptors (Lipinski definition) is 4. The molecule has 0 atom stereocenters. The Kier molecular flexibility index (Phi) is 5.29. The van der Waals surface area contributed by atoms with Crippen LogP contribution in [-0.2, 0) is 0 Å². The van der Waals surface area contributed by atoms with E-state index >= 15 is 0 Å². The van der Waals surface area contributed by atoms with E-state index in [1.807, 2.05) is 24.3 Å². The molecule has 0 bridgehead atoms. The number of nitrogens with zero attached hydrogens (tertiary/aromatic N) is 4. The second-order valence-electron chi connectivity index (χ2n) is 5.17.